The molecule has 2 rings (SSSR count). The highest BCUT2D eigenvalue weighted by atomic mass is 14.9. The smallest absolute Gasteiger partial charge is 0.0374 e. The number of hydrogen-bond donors (Lipinski definition) is 1. The third-order valence-electron chi connectivity index (χ3n) is 3.36. The first kappa shape index (κ1) is 10.5. The van der Waals surface area contributed by atoms with Gasteiger partial charge in [0.1, 0.15) is 0 Å². The third-order valence-corrected chi connectivity index (χ3v) is 3.36. The number of hydrogen-bond acceptors (Lipinski definition) is 1. The summed E-state index contributed by atoms with van der Waals surface area (Å²) < 4.78 is 0. The van der Waals surface area contributed by atoms with Crippen molar-refractivity contribution in [1.29, 1.82) is 0 Å². The van der Waals surface area contributed by atoms with E-state index in [-0.39, 0.29) is 0 Å². The highest BCUT2D eigenvalue weighted by Crippen LogP contribution is 2.36. The lowest BCUT2D eigenvalue weighted by Gasteiger charge is -2.19. The molecule has 82 valence electrons. The minimum atomic E-state index is 0.686. The average molecular weight is 203 g/mol. The summed E-state index contributed by atoms with van der Waals surface area (Å²) in [5, 5.41) is 3.70. The second-order valence-electron chi connectivity index (χ2n) is 4.81. The first-order valence-electron chi connectivity index (χ1n) is 6.04. The van der Waals surface area contributed by atoms with Crippen LogP contribution in [0, 0.1) is 19.8 Å². The van der Waals surface area contributed by atoms with E-state index in [4.69, 9.17) is 0 Å². The van der Waals surface area contributed by atoms with E-state index >= 15 is 0 Å². The van der Waals surface area contributed by atoms with Gasteiger partial charge in [0.2, 0.25) is 0 Å². The van der Waals surface area contributed by atoms with Crippen molar-refractivity contribution in [3.63, 3.8) is 0 Å². The van der Waals surface area contributed by atoms with Crippen molar-refractivity contribution < 1.29 is 0 Å². The summed E-state index contributed by atoms with van der Waals surface area (Å²) >= 11 is 0. The van der Waals surface area contributed by atoms with Gasteiger partial charge in [0.05, 0.1) is 0 Å². The first-order chi connectivity index (χ1) is 7.20. The summed E-state index contributed by atoms with van der Waals surface area (Å²) in [4.78, 5) is 0. The summed E-state index contributed by atoms with van der Waals surface area (Å²) in [5.41, 5.74) is 4.03. The first-order valence-corrected chi connectivity index (χ1v) is 6.04. The Labute approximate surface area is 92.9 Å². The molecule has 0 spiro atoms. The molecule has 1 aromatic rings. The Hall–Kier alpha value is -0.980. The fourth-order valence-electron chi connectivity index (χ4n) is 2.14. The Balaban J connectivity index is 2.11. The number of rotatable bonds is 4. The summed E-state index contributed by atoms with van der Waals surface area (Å²) in [5.74, 6) is 0.926. The van der Waals surface area contributed by atoms with Crippen LogP contribution in [0.2, 0.25) is 0 Å². The quantitative estimate of drug-likeness (QED) is 0.782. The Kier molecular flexibility index (Phi) is 2.99. The van der Waals surface area contributed by atoms with E-state index in [2.05, 4.69) is 44.3 Å². The zero-order valence-corrected chi connectivity index (χ0v) is 10.0. The highest BCUT2D eigenvalue weighted by Gasteiger charge is 2.29. The summed E-state index contributed by atoms with van der Waals surface area (Å²) in [6.45, 7) is 6.62. The van der Waals surface area contributed by atoms with E-state index in [1.807, 2.05) is 0 Å². The normalized spacial score (nSPS) is 17.5. The van der Waals surface area contributed by atoms with Gasteiger partial charge in [-0.1, -0.05) is 19.1 Å². The largest absolute Gasteiger partial charge is 0.382 e. The standard InChI is InChI=1S/C14H21N/c1-4-13(12-7-8-12)15-14-9-10(2)5-6-11(14)3/h5-6,9,12-13,15H,4,7-8H2,1-3H3. The van der Waals surface area contributed by atoms with E-state index in [1.165, 1.54) is 36.1 Å². The number of benzene rings is 1. The van der Waals surface area contributed by atoms with Gasteiger partial charge >= 0.3 is 0 Å². The van der Waals surface area contributed by atoms with Crippen molar-refractivity contribution in [2.45, 2.75) is 46.1 Å². The van der Waals surface area contributed by atoms with Gasteiger partial charge in [-0.05, 0) is 56.2 Å². The molecule has 0 aliphatic heterocycles. The van der Waals surface area contributed by atoms with Crippen LogP contribution in [-0.2, 0) is 0 Å². The van der Waals surface area contributed by atoms with E-state index < -0.39 is 0 Å². The van der Waals surface area contributed by atoms with Gasteiger partial charge in [-0.25, -0.2) is 0 Å². The minimum absolute atomic E-state index is 0.686. The Bertz CT molecular complexity index is 339. The number of anilines is 1. The summed E-state index contributed by atoms with van der Waals surface area (Å²) in [6.07, 6.45) is 4.06. The number of nitrogens with one attached hydrogen (secondary N) is 1. The van der Waals surface area contributed by atoms with Crippen LogP contribution in [0.15, 0.2) is 18.2 Å². The number of aryl methyl sites for hydroxylation is 2. The van der Waals surface area contributed by atoms with Crippen LogP contribution in [0.3, 0.4) is 0 Å². The Morgan fingerprint density at radius 3 is 2.67 bits per heavy atom. The van der Waals surface area contributed by atoms with Crippen molar-refractivity contribution >= 4 is 5.69 Å². The second kappa shape index (κ2) is 4.26. The van der Waals surface area contributed by atoms with Crippen LogP contribution in [0.4, 0.5) is 5.69 Å². The zero-order valence-electron chi connectivity index (χ0n) is 10.0. The fourth-order valence-corrected chi connectivity index (χ4v) is 2.14. The molecule has 0 amide bonds. The van der Waals surface area contributed by atoms with Crippen LogP contribution in [-0.4, -0.2) is 6.04 Å². The molecule has 0 aromatic heterocycles. The molecular weight excluding hydrogens is 182 g/mol. The SMILES string of the molecule is CCC(Nc1cc(C)ccc1C)C1CC1. The molecule has 0 saturated heterocycles. The maximum atomic E-state index is 3.70. The van der Waals surface area contributed by atoms with Crippen LogP contribution in [0.25, 0.3) is 0 Å². The predicted molar refractivity (Wildman–Crippen MR) is 66.3 cm³/mol. The highest BCUT2D eigenvalue weighted by molar-refractivity contribution is 5.53. The minimum Gasteiger partial charge on any atom is -0.382 e. The second-order valence-corrected chi connectivity index (χ2v) is 4.81. The Morgan fingerprint density at radius 2 is 2.07 bits per heavy atom. The summed E-state index contributed by atoms with van der Waals surface area (Å²) in [6, 6.07) is 7.33. The van der Waals surface area contributed by atoms with Crippen molar-refractivity contribution in [2.75, 3.05) is 5.32 Å². The van der Waals surface area contributed by atoms with Crippen molar-refractivity contribution in [3.05, 3.63) is 29.3 Å². The predicted octanol–water partition coefficient (Wildman–Crippen LogP) is 3.90. The lowest BCUT2D eigenvalue weighted by atomic mass is 10.1. The van der Waals surface area contributed by atoms with Gasteiger partial charge < -0.3 is 5.32 Å². The molecule has 15 heavy (non-hydrogen) atoms. The van der Waals surface area contributed by atoms with E-state index in [0.29, 0.717) is 6.04 Å². The molecule has 0 bridgehead atoms. The van der Waals surface area contributed by atoms with E-state index in [1.54, 1.807) is 0 Å². The van der Waals surface area contributed by atoms with Crippen LogP contribution < -0.4 is 5.32 Å². The van der Waals surface area contributed by atoms with Crippen molar-refractivity contribution in [1.82, 2.24) is 0 Å². The zero-order chi connectivity index (χ0) is 10.8. The fraction of sp³-hybridized carbons (Fsp3) is 0.571. The topological polar surface area (TPSA) is 12.0 Å². The molecule has 0 heterocycles. The summed E-state index contributed by atoms with van der Waals surface area (Å²) in [7, 11) is 0. The van der Waals surface area contributed by atoms with Gasteiger partial charge in [-0.3, -0.25) is 0 Å². The molecule has 1 saturated carbocycles. The van der Waals surface area contributed by atoms with Crippen LogP contribution in [0.1, 0.15) is 37.3 Å². The van der Waals surface area contributed by atoms with Crippen molar-refractivity contribution in [3.8, 4) is 0 Å². The van der Waals surface area contributed by atoms with Crippen LogP contribution >= 0.6 is 0 Å². The van der Waals surface area contributed by atoms with Gasteiger partial charge in [0.15, 0.2) is 0 Å². The maximum Gasteiger partial charge on any atom is 0.0374 e. The molecule has 0 radical (unpaired) electrons. The molecule has 1 aliphatic carbocycles. The molecule has 1 nitrogen and oxygen atoms in total. The molecule has 1 heteroatoms. The molecule has 1 aromatic carbocycles. The lowest BCUT2D eigenvalue weighted by Crippen LogP contribution is -2.21. The molecular formula is C14H21N. The van der Waals surface area contributed by atoms with Gasteiger partial charge in [-0.2, -0.15) is 0 Å². The average Bonchev–Trinajstić information content (AvgIpc) is 3.03. The Morgan fingerprint density at radius 1 is 1.33 bits per heavy atom. The van der Waals surface area contributed by atoms with E-state index in [9.17, 15) is 0 Å². The van der Waals surface area contributed by atoms with Crippen molar-refractivity contribution in [2.24, 2.45) is 5.92 Å². The lowest BCUT2D eigenvalue weighted by molar-refractivity contribution is 0.616. The molecule has 1 unspecified atom stereocenters. The molecule has 1 N–H and O–H groups in total. The maximum absolute atomic E-state index is 3.70. The van der Waals surface area contributed by atoms with Gasteiger partial charge in [0.25, 0.3) is 0 Å². The van der Waals surface area contributed by atoms with Gasteiger partial charge in [0, 0.05) is 11.7 Å². The molecule has 1 atom stereocenters. The monoisotopic (exact) mass is 203 g/mol. The molecule has 1 aliphatic rings. The van der Waals surface area contributed by atoms with Crippen LogP contribution in [0.5, 0.6) is 0 Å². The third kappa shape index (κ3) is 2.53. The molecule has 1 fully saturated rings. The van der Waals surface area contributed by atoms with Gasteiger partial charge in [-0.15, -0.1) is 0 Å². The van der Waals surface area contributed by atoms with E-state index in [0.717, 1.165) is 5.92 Å².